The van der Waals surface area contributed by atoms with Gasteiger partial charge >= 0.3 is 0 Å². The largest absolute Gasteiger partial charge is 0.497 e. The van der Waals surface area contributed by atoms with Crippen molar-refractivity contribution in [1.82, 2.24) is 4.98 Å². The molecule has 0 saturated carbocycles. The average molecular weight is 246 g/mol. The number of halogens is 1. The molecule has 1 heterocycles. The normalized spacial score (nSPS) is 12.2. The molecule has 2 rings (SSSR count). The van der Waals surface area contributed by atoms with Crippen molar-refractivity contribution < 1.29 is 9.13 Å². The number of hydrogen-bond acceptors (Lipinski definition) is 3. The second-order valence-electron chi connectivity index (χ2n) is 4.10. The molecule has 0 aliphatic carbocycles. The van der Waals surface area contributed by atoms with E-state index >= 15 is 0 Å². The van der Waals surface area contributed by atoms with Crippen molar-refractivity contribution in [2.75, 3.05) is 7.11 Å². The summed E-state index contributed by atoms with van der Waals surface area (Å²) in [6.07, 6.45) is 1.67. The molecule has 1 aromatic heterocycles. The van der Waals surface area contributed by atoms with Gasteiger partial charge in [0, 0.05) is 23.5 Å². The lowest BCUT2D eigenvalue weighted by molar-refractivity contribution is 0.410. The van der Waals surface area contributed by atoms with Crippen LogP contribution in [0, 0.1) is 12.7 Å². The molecule has 1 atom stereocenters. The molecule has 0 aliphatic heterocycles. The highest BCUT2D eigenvalue weighted by atomic mass is 19.1. The summed E-state index contributed by atoms with van der Waals surface area (Å²) in [5.41, 5.74) is 8.16. The van der Waals surface area contributed by atoms with Gasteiger partial charge in [0.25, 0.3) is 0 Å². The molecular weight excluding hydrogens is 231 g/mol. The van der Waals surface area contributed by atoms with Gasteiger partial charge in [-0.3, -0.25) is 4.98 Å². The standard InChI is InChI=1S/C14H15FN2O/c1-9-3-4-10(8-17-9)14(16)12-6-5-11(18-2)7-13(12)15/h3-8,14H,16H2,1-2H3. The summed E-state index contributed by atoms with van der Waals surface area (Å²) in [6, 6.07) is 7.85. The molecule has 1 aromatic carbocycles. The predicted molar refractivity (Wildman–Crippen MR) is 68.0 cm³/mol. The summed E-state index contributed by atoms with van der Waals surface area (Å²) in [4.78, 5) is 4.16. The lowest BCUT2D eigenvalue weighted by atomic mass is 10.0. The predicted octanol–water partition coefficient (Wildman–Crippen LogP) is 2.59. The van der Waals surface area contributed by atoms with E-state index in [0.717, 1.165) is 11.3 Å². The number of ether oxygens (including phenoxy) is 1. The van der Waals surface area contributed by atoms with E-state index in [1.54, 1.807) is 18.3 Å². The second kappa shape index (κ2) is 5.14. The zero-order valence-electron chi connectivity index (χ0n) is 10.4. The minimum atomic E-state index is -0.524. The molecule has 2 aromatic rings. The lowest BCUT2D eigenvalue weighted by Crippen LogP contribution is -2.14. The highest BCUT2D eigenvalue weighted by molar-refractivity contribution is 5.35. The topological polar surface area (TPSA) is 48.1 Å². The van der Waals surface area contributed by atoms with Crippen molar-refractivity contribution in [2.24, 2.45) is 5.73 Å². The van der Waals surface area contributed by atoms with Crippen LogP contribution in [-0.2, 0) is 0 Å². The second-order valence-corrected chi connectivity index (χ2v) is 4.10. The van der Waals surface area contributed by atoms with E-state index in [1.165, 1.54) is 13.2 Å². The molecule has 0 radical (unpaired) electrons. The van der Waals surface area contributed by atoms with E-state index in [-0.39, 0.29) is 5.82 Å². The third-order valence-corrected chi connectivity index (χ3v) is 2.84. The Kier molecular flexibility index (Phi) is 3.58. The van der Waals surface area contributed by atoms with Crippen LogP contribution in [0.15, 0.2) is 36.5 Å². The van der Waals surface area contributed by atoms with Crippen molar-refractivity contribution >= 4 is 0 Å². The average Bonchev–Trinajstić information content (AvgIpc) is 2.38. The molecule has 0 saturated heterocycles. The number of aromatic nitrogens is 1. The number of hydrogen-bond donors (Lipinski definition) is 1. The molecule has 94 valence electrons. The molecule has 3 nitrogen and oxygen atoms in total. The molecule has 2 N–H and O–H groups in total. The Morgan fingerprint density at radius 2 is 2.06 bits per heavy atom. The van der Waals surface area contributed by atoms with Crippen LogP contribution in [0.4, 0.5) is 4.39 Å². The van der Waals surface area contributed by atoms with Crippen LogP contribution < -0.4 is 10.5 Å². The maximum absolute atomic E-state index is 13.9. The van der Waals surface area contributed by atoms with E-state index in [9.17, 15) is 4.39 Å². The summed E-state index contributed by atoms with van der Waals surface area (Å²) < 4.78 is 18.8. The molecule has 0 amide bonds. The van der Waals surface area contributed by atoms with Crippen LogP contribution in [0.5, 0.6) is 5.75 Å². The first-order valence-electron chi connectivity index (χ1n) is 5.63. The third-order valence-electron chi connectivity index (χ3n) is 2.84. The first kappa shape index (κ1) is 12.5. The molecule has 0 aliphatic rings. The maximum atomic E-state index is 13.9. The smallest absolute Gasteiger partial charge is 0.132 e. The Labute approximate surface area is 105 Å². The van der Waals surface area contributed by atoms with Crippen LogP contribution >= 0.6 is 0 Å². The monoisotopic (exact) mass is 246 g/mol. The summed E-state index contributed by atoms with van der Waals surface area (Å²) in [7, 11) is 1.50. The van der Waals surface area contributed by atoms with Crippen molar-refractivity contribution in [3.05, 3.63) is 59.2 Å². The molecule has 0 fully saturated rings. The van der Waals surface area contributed by atoms with Crippen molar-refractivity contribution in [1.29, 1.82) is 0 Å². The van der Waals surface area contributed by atoms with Crippen LogP contribution in [0.2, 0.25) is 0 Å². The van der Waals surface area contributed by atoms with Crippen LogP contribution in [0.1, 0.15) is 22.9 Å². The van der Waals surface area contributed by atoms with E-state index < -0.39 is 6.04 Å². The Morgan fingerprint density at radius 3 is 2.61 bits per heavy atom. The quantitative estimate of drug-likeness (QED) is 0.905. The molecule has 4 heteroatoms. The number of aryl methyl sites for hydroxylation is 1. The molecular formula is C14H15FN2O. The van der Waals surface area contributed by atoms with E-state index in [4.69, 9.17) is 10.5 Å². The van der Waals surface area contributed by atoms with Gasteiger partial charge in [-0.2, -0.15) is 0 Å². The van der Waals surface area contributed by atoms with Crippen LogP contribution in [0.3, 0.4) is 0 Å². The number of pyridine rings is 1. The highest BCUT2D eigenvalue weighted by Crippen LogP contribution is 2.24. The fourth-order valence-electron chi connectivity index (χ4n) is 1.73. The molecule has 1 unspecified atom stereocenters. The van der Waals surface area contributed by atoms with Gasteiger partial charge in [0.2, 0.25) is 0 Å². The third kappa shape index (κ3) is 2.49. The SMILES string of the molecule is COc1ccc(C(N)c2ccc(C)nc2)c(F)c1. The zero-order chi connectivity index (χ0) is 13.1. The summed E-state index contributed by atoms with van der Waals surface area (Å²) in [5, 5.41) is 0. The molecule has 0 spiro atoms. The molecule has 0 bridgehead atoms. The maximum Gasteiger partial charge on any atom is 0.132 e. The summed E-state index contributed by atoms with van der Waals surface area (Å²) in [6.45, 7) is 1.89. The summed E-state index contributed by atoms with van der Waals surface area (Å²) >= 11 is 0. The number of nitrogens with zero attached hydrogens (tertiary/aromatic N) is 1. The lowest BCUT2D eigenvalue weighted by Gasteiger charge is -2.14. The van der Waals surface area contributed by atoms with Crippen LogP contribution in [-0.4, -0.2) is 12.1 Å². The van der Waals surface area contributed by atoms with Crippen LogP contribution in [0.25, 0.3) is 0 Å². The van der Waals surface area contributed by atoms with E-state index in [1.807, 2.05) is 19.1 Å². The summed E-state index contributed by atoms with van der Waals surface area (Å²) in [5.74, 6) is 0.105. The van der Waals surface area contributed by atoms with Gasteiger partial charge in [-0.05, 0) is 24.6 Å². The van der Waals surface area contributed by atoms with Crippen molar-refractivity contribution in [3.8, 4) is 5.75 Å². The van der Waals surface area contributed by atoms with Gasteiger partial charge in [-0.25, -0.2) is 4.39 Å². The Hall–Kier alpha value is -1.94. The zero-order valence-corrected chi connectivity index (χ0v) is 10.4. The number of rotatable bonds is 3. The van der Waals surface area contributed by atoms with Gasteiger partial charge < -0.3 is 10.5 Å². The minimum Gasteiger partial charge on any atom is -0.497 e. The number of benzene rings is 1. The fourth-order valence-corrected chi connectivity index (χ4v) is 1.73. The Balaban J connectivity index is 2.33. The van der Waals surface area contributed by atoms with E-state index in [2.05, 4.69) is 4.98 Å². The fraction of sp³-hybridized carbons (Fsp3) is 0.214. The van der Waals surface area contributed by atoms with Gasteiger partial charge in [-0.1, -0.05) is 12.1 Å². The van der Waals surface area contributed by atoms with Crippen molar-refractivity contribution in [3.63, 3.8) is 0 Å². The highest BCUT2D eigenvalue weighted by Gasteiger charge is 2.14. The van der Waals surface area contributed by atoms with E-state index in [0.29, 0.717) is 11.3 Å². The van der Waals surface area contributed by atoms with Gasteiger partial charge in [0.15, 0.2) is 0 Å². The van der Waals surface area contributed by atoms with Gasteiger partial charge in [0.1, 0.15) is 11.6 Å². The van der Waals surface area contributed by atoms with Gasteiger partial charge in [-0.15, -0.1) is 0 Å². The number of methoxy groups -OCH3 is 1. The Bertz CT molecular complexity index is 540. The first-order chi connectivity index (χ1) is 8.61. The van der Waals surface area contributed by atoms with Gasteiger partial charge in [0.05, 0.1) is 13.2 Å². The minimum absolute atomic E-state index is 0.373. The number of nitrogens with two attached hydrogens (primary N) is 1. The molecule has 18 heavy (non-hydrogen) atoms. The first-order valence-corrected chi connectivity index (χ1v) is 5.63. The van der Waals surface area contributed by atoms with Crippen molar-refractivity contribution in [2.45, 2.75) is 13.0 Å². The Morgan fingerprint density at radius 1 is 1.28 bits per heavy atom.